The highest BCUT2D eigenvalue weighted by molar-refractivity contribution is 7.19. The van der Waals surface area contributed by atoms with Crippen LogP contribution in [0.4, 0.5) is 5.13 Å². The van der Waals surface area contributed by atoms with Crippen LogP contribution in [-0.4, -0.2) is 20.9 Å². The van der Waals surface area contributed by atoms with Crippen LogP contribution in [0.2, 0.25) is 0 Å². The molecule has 0 saturated carbocycles. The van der Waals surface area contributed by atoms with E-state index in [-0.39, 0.29) is 12.3 Å². The van der Waals surface area contributed by atoms with Gasteiger partial charge >= 0.3 is 0 Å². The number of benzene rings is 1. The lowest BCUT2D eigenvalue weighted by molar-refractivity contribution is -0.115. The van der Waals surface area contributed by atoms with Crippen molar-refractivity contribution < 1.29 is 4.79 Å². The van der Waals surface area contributed by atoms with Crippen LogP contribution < -0.4 is 5.32 Å². The molecule has 112 valence electrons. The lowest BCUT2D eigenvalue weighted by Crippen LogP contribution is -2.09. The summed E-state index contributed by atoms with van der Waals surface area (Å²) in [5.41, 5.74) is 2.33. The second-order valence-electron chi connectivity index (χ2n) is 4.54. The maximum absolute atomic E-state index is 11.6. The van der Waals surface area contributed by atoms with E-state index in [4.69, 9.17) is 5.26 Å². The van der Waals surface area contributed by atoms with Gasteiger partial charge < -0.3 is 5.32 Å². The molecule has 0 radical (unpaired) electrons. The van der Waals surface area contributed by atoms with E-state index in [1.54, 1.807) is 18.6 Å². The second-order valence-corrected chi connectivity index (χ2v) is 5.54. The third-order valence-electron chi connectivity index (χ3n) is 2.96. The van der Waals surface area contributed by atoms with Gasteiger partial charge in [0.25, 0.3) is 0 Å². The lowest BCUT2D eigenvalue weighted by atomic mass is 10.1. The molecule has 0 fully saturated rings. The number of carbonyl (C=O) groups is 1. The summed E-state index contributed by atoms with van der Waals surface area (Å²) in [6, 6.07) is 11.5. The van der Waals surface area contributed by atoms with Gasteiger partial charge in [0.15, 0.2) is 5.13 Å². The molecule has 2 aromatic heterocycles. The van der Waals surface area contributed by atoms with E-state index in [0.717, 1.165) is 16.1 Å². The molecular formula is C16H11N5OS. The molecule has 0 aliphatic heterocycles. The first-order chi connectivity index (χ1) is 11.3. The summed E-state index contributed by atoms with van der Waals surface area (Å²) >= 11 is 1.31. The van der Waals surface area contributed by atoms with E-state index >= 15 is 0 Å². The number of hydrogen-bond acceptors (Lipinski definition) is 6. The summed E-state index contributed by atoms with van der Waals surface area (Å²) in [5.74, 6) is -0.383. The maximum atomic E-state index is 11.6. The molecule has 23 heavy (non-hydrogen) atoms. The van der Waals surface area contributed by atoms with Crippen LogP contribution in [-0.2, 0) is 4.79 Å². The molecule has 1 aromatic carbocycles. The van der Waals surface area contributed by atoms with Gasteiger partial charge in [0.05, 0.1) is 22.8 Å². The quantitative estimate of drug-likeness (QED) is 0.797. The van der Waals surface area contributed by atoms with Gasteiger partial charge in [-0.05, 0) is 0 Å². The fourth-order valence-electron chi connectivity index (χ4n) is 1.99. The minimum atomic E-state index is -0.383. The standard InChI is InChI=1S/C16H11N5OS/c17-7-6-13(22)20-16-21-14(11-4-2-1-3-5-11)15(23-16)12-10-18-8-9-19-12/h1-5,8-10H,6H2,(H,20,21,22). The fourth-order valence-corrected chi connectivity index (χ4v) is 2.96. The zero-order chi connectivity index (χ0) is 16.1. The molecule has 2 heterocycles. The SMILES string of the molecule is N#CCC(=O)Nc1nc(-c2ccccc2)c(-c2cnccn2)s1. The molecule has 7 heteroatoms. The Kier molecular flexibility index (Phi) is 4.36. The Morgan fingerprint density at radius 3 is 2.78 bits per heavy atom. The molecule has 0 atom stereocenters. The third kappa shape index (κ3) is 3.39. The molecule has 1 amide bonds. The smallest absolute Gasteiger partial charge is 0.240 e. The number of nitriles is 1. The number of aromatic nitrogens is 3. The highest BCUT2D eigenvalue weighted by Gasteiger charge is 2.17. The van der Waals surface area contributed by atoms with Crippen LogP contribution in [0.25, 0.3) is 21.8 Å². The van der Waals surface area contributed by atoms with Crippen molar-refractivity contribution in [1.29, 1.82) is 5.26 Å². The maximum Gasteiger partial charge on any atom is 0.240 e. The van der Waals surface area contributed by atoms with E-state index < -0.39 is 0 Å². The predicted octanol–water partition coefficient (Wildman–Crippen LogP) is 3.12. The van der Waals surface area contributed by atoms with E-state index in [1.807, 2.05) is 36.4 Å². The average molecular weight is 321 g/mol. The summed E-state index contributed by atoms with van der Waals surface area (Å²) < 4.78 is 0. The molecule has 3 aromatic rings. The highest BCUT2D eigenvalue weighted by Crippen LogP contribution is 2.37. The van der Waals surface area contributed by atoms with Gasteiger partial charge in [-0.2, -0.15) is 5.26 Å². The summed E-state index contributed by atoms with van der Waals surface area (Å²) in [4.78, 5) is 25.3. The van der Waals surface area contributed by atoms with Crippen molar-refractivity contribution in [3.8, 4) is 27.9 Å². The molecule has 0 bridgehead atoms. The van der Waals surface area contributed by atoms with E-state index in [0.29, 0.717) is 10.8 Å². The largest absolute Gasteiger partial charge is 0.301 e. The second kappa shape index (κ2) is 6.77. The van der Waals surface area contributed by atoms with Gasteiger partial charge in [0.1, 0.15) is 12.1 Å². The van der Waals surface area contributed by atoms with Gasteiger partial charge in [-0.15, -0.1) is 0 Å². The summed E-state index contributed by atoms with van der Waals surface area (Å²) in [5, 5.41) is 11.7. The zero-order valence-electron chi connectivity index (χ0n) is 11.9. The molecule has 0 spiro atoms. The number of hydrogen-bond donors (Lipinski definition) is 1. The van der Waals surface area contributed by atoms with Crippen LogP contribution in [0.1, 0.15) is 6.42 Å². The normalized spacial score (nSPS) is 10.0. The number of carbonyl (C=O) groups excluding carboxylic acids is 1. The molecule has 3 rings (SSSR count). The Bertz CT molecular complexity index is 798. The molecule has 0 unspecified atom stereocenters. The van der Waals surface area contributed by atoms with Gasteiger partial charge in [0, 0.05) is 18.0 Å². The third-order valence-corrected chi connectivity index (χ3v) is 3.95. The highest BCUT2D eigenvalue weighted by atomic mass is 32.1. The number of nitrogens with zero attached hydrogens (tertiary/aromatic N) is 4. The van der Waals surface area contributed by atoms with E-state index in [2.05, 4.69) is 20.3 Å². The monoisotopic (exact) mass is 321 g/mol. The van der Waals surface area contributed by atoms with Crippen LogP contribution in [0.15, 0.2) is 48.9 Å². The molecule has 1 N–H and O–H groups in total. The van der Waals surface area contributed by atoms with Crippen LogP contribution in [0, 0.1) is 11.3 Å². The molecule has 0 aliphatic rings. The topological polar surface area (TPSA) is 91.6 Å². The Morgan fingerprint density at radius 1 is 1.26 bits per heavy atom. The summed E-state index contributed by atoms with van der Waals surface area (Å²) in [7, 11) is 0. The summed E-state index contributed by atoms with van der Waals surface area (Å²) in [6.07, 6.45) is 4.65. The predicted molar refractivity (Wildman–Crippen MR) is 87.4 cm³/mol. The van der Waals surface area contributed by atoms with Crippen molar-refractivity contribution >= 4 is 22.4 Å². The molecule has 0 saturated heterocycles. The van der Waals surface area contributed by atoms with Gasteiger partial charge in [-0.25, -0.2) is 4.98 Å². The Balaban J connectivity index is 2.04. The van der Waals surface area contributed by atoms with Crippen molar-refractivity contribution in [1.82, 2.24) is 15.0 Å². The van der Waals surface area contributed by atoms with Crippen molar-refractivity contribution in [3.05, 3.63) is 48.9 Å². The average Bonchev–Trinajstić information content (AvgIpc) is 3.00. The van der Waals surface area contributed by atoms with Gasteiger partial charge in [-0.3, -0.25) is 14.8 Å². The number of thiazole rings is 1. The number of rotatable bonds is 4. The minimum absolute atomic E-state index is 0.208. The van der Waals surface area contributed by atoms with Crippen LogP contribution >= 0.6 is 11.3 Å². The fraction of sp³-hybridized carbons (Fsp3) is 0.0625. The van der Waals surface area contributed by atoms with Gasteiger partial charge in [0.2, 0.25) is 5.91 Å². The van der Waals surface area contributed by atoms with Crippen LogP contribution in [0.5, 0.6) is 0 Å². The lowest BCUT2D eigenvalue weighted by Gasteiger charge is -2.00. The van der Waals surface area contributed by atoms with Gasteiger partial charge in [-0.1, -0.05) is 41.7 Å². The Morgan fingerprint density at radius 2 is 2.09 bits per heavy atom. The first-order valence-corrected chi connectivity index (χ1v) is 7.59. The number of anilines is 1. The Hall–Kier alpha value is -3.11. The first kappa shape index (κ1) is 14.8. The van der Waals surface area contributed by atoms with Crippen molar-refractivity contribution in [2.24, 2.45) is 0 Å². The molecule has 0 aliphatic carbocycles. The zero-order valence-corrected chi connectivity index (χ0v) is 12.7. The number of nitrogens with one attached hydrogen (secondary N) is 1. The Labute approximate surface area is 136 Å². The summed E-state index contributed by atoms with van der Waals surface area (Å²) in [6.45, 7) is 0. The molecule has 6 nitrogen and oxygen atoms in total. The van der Waals surface area contributed by atoms with Crippen molar-refractivity contribution in [3.63, 3.8) is 0 Å². The number of amides is 1. The first-order valence-electron chi connectivity index (χ1n) is 6.77. The van der Waals surface area contributed by atoms with E-state index in [9.17, 15) is 4.79 Å². The van der Waals surface area contributed by atoms with Crippen LogP contribution in [0.3, 0.4) is 0 Å². The minimum Gasteiger partial charge on any atom is -0.301 e. The van der Waals surface area contributed by atoms with Crippen molar-refractivity contribution in [2.75, 3.05) is 5.32 Å². The van der Waals surface area contributed by atoms with Crippen molar-refractivity contribution in [2.45, 2.75) is 6.42 Å². The molecular weight excluding hydrogens is 310 g/mol. The van der Waals surface area contributed by atoms with E-state index in [1.165, 1.54) is 11.3 Å².